The van der Waals surface area contributed by atoms with Crippen LogP contribution in [0.3, 0.4) is 0 Å². The maximum absolute atomic E-state index is 6.02. The molecular weight excluding hydrogens is 246 g/mol. The van der Waals surface area contributed by atoms with Crippen molar-refractivity contribution in [2.24, 2.45) is 5.73 Å². The Kier molecular flexibility index (Phi) is 5.26. The minimum Gasteiger partial charge on any atom is -0.493 e. The third-order valence-electron chi connectivity index (χ3n) is 3.49. The lowest BCUT2D eigenvalue weighted by molar-refractivity contribution is 0.319. The fraction of sp³-hybridized carbons (Fsp3) is 0.667. The van der Waals surface area contributed by atoms with Gasteiger partial charge in [0.2, 0.25) is 0 Å². The number of hydrogen-bond donors (Lipinski definition) is 1. The molecule has 1 rings (SSSR count). The van der Waals surface area contributed by atoms with Crippen molar-refractivity contribution in [3.05, 3.63) is 28.8 Å². The molecule has 0 spiro atoms. The Morgan fingerprint density at radius 2 is 1.40 bits per heavy atom. The standard InChI is InChI=1S/C18H31NO/c1-8-20-16-14(17(2,3)4)11-13(9-10-19)12-15(16)18(5,6)7/h11-12H,8-10,19H2,1-7H3. The Labute approximate surface area is 124 Å². The van der Waals surface area contributed by atoms with Crippen LogP contribution in [-0.4, -0.2) is 13.2 Å². The molecule has 0 saturated heterocycles. The largest absolute Gasteiger partial charge is 0.493 e. The van der Waals surface area contributed by atoms with E-state index in [9.17, 15) is 0 Å². The van der Waals surface area contributed by atoms with E-state index in [1.54, 1.807) is 0 Å². The minimum absolute atomic E-state index is 0.0646. The molecule has 0 radical (unpaired) electrons. The van der Waals surface area contributed by atoms with Gasteiger partial charge in [-0.1, -0.05) is 53.7 Å². The fourth-order valence-electron chi connectivity index (χ4n) is 2.41. The molecule has 0 unspecified atom stereocenters. The van der Waals surface area contributed by atoms with Gasteiger partial charge in [-0.05, 0) is 36.3 Å². The van der Waals surface area contributed by atoms with Crippen LogP contribution in [0.25, 0.3) is 0 Å². The molecule has 2 heteroatoms. The molecule has 2 N–H and O–H groups in total. The van der Waals surface area contributed by atoms with Crippen LogP contribution in [0.5, 0.6) is 5.75 Å². The maximum Gasteiger partial charge on any atom is 0.126 e. The van der Waals surface area contributed by atoms with Gasteiger partial charge in [-0.15, -0.1) is 0 Å². The van der Waals surface area contributed by atoms with E-state index in [0.29, 0.717) is 13.2 Å². The zero-order valence-electron chi connectivity index (χ0n) is 14.3. The molecule has 2 nitrogen and oxygen atoms in total. The first-order valence-electron chi connectivity index (χ1n) is 7.62. The molecule has 20 heavy (non-hydrogen) atoms. The molecule has 0 saturated carbocycles. The van der Waals surface area contributed by atoms with Gasteiger partial charge in [-0.3, -0.25) is 0 Å². The highest BCUT2D eigenvalue weighted by Gasteiger charge is 2.27. The van der Waals surface area contributed by atoms with Crippen molar-refractivity contribution in [2.75, 3.05) is 13.2 Å². The molecule has 0 bridgehead atoms. The van der Waals surface area contributed by atoms with Gasteiger partial charge in [0.05, 0.1) is 6.61 Å². The van der Waals surface area contributed by atoms with E-state index < -0.39 is 0 Å². The van der Waals surface area contributed by atoms with Crippen molar-refractivity contribution in [3.8, 4) is 5.75 Å². The minimum atomic E-state index is 0.0646. The molecule has 0 aliphatic rings. The second kappa shape index (κ2) is 6.17. The smallest absolute Gasteiger partial charge is 0.126 e. The summed E-state index contributed by atoms with van der Waals surface area (Å²) in [7, 11) is 0. The van der Waals surface area contributed by atoms with Gasteiger partial charge in [0.15, 0.2) is 0 Å². The SMILES string of the molecule is CCOc1c(C(C)(C)C)cc(CCN)cc1C(C)(C)C. The van der Waals surface area contributed by atoms with Crippen LogP contribution in [0.15, 0.2) is 12.1 Å². The summed E-state index contributed by atoms with van der Waals surface area (Å²) in [4.78, 5) is 0. The lowest BCUT2D eigenvalue weighted by Gasteiger charge is -2.30. The third-order valence-corrected chi connectivity index (χ3v) is 3.49. The summed E-state index contributed by atoms with van der Waals surface area (Å²) < 4.78 is 6.02. The Balaban J connectivity index is 3.57. The molecular formula is C18H31NO. The van der Waals surface area contributed by atoms with Crippen molar-refractivity contribution in [3.63, 3.8) is 0 Å². The van der Waals surface area contributed by atoms with Crippen molar-refractivity contribution in [1.29, 1.82) is 0 Å². The first kappa shape index (κ1) is 17.0. The van der Waals surface area contributed by atoms with Crippen molar-refractivity contribution >= 4 is 0 Å². The van der Waals surface area contributed by atoms with E-state index in [0.717, 1.165) is 12.2 Å². The molecule has 1 aromatic rings. The number of benzene rings is 1. The average Bonchev–Trinajstić information content (AvgIpc) is 2.28. The second-order valence-corrected chi connectivity index (χ2v) is 7.49. The topological polar surface area (TPSA) is 35.2 Å². The van der Waals surface area contributed by atoms with Gasteiger partial charge in [-0.2, -0.15) is 0 Å². The van der Waals surface area contributed by atoms with Gasteiger partial charge in [-0.25, -0.2) is 0 Å². The zero-order valence-corrected chi connectivity index (χ0v) is 14.3. The van der Waals surface area contributed by atoms with E-state index in [4.69, 9.17) is 10.5 Å². The van der Waals surface area contributed by atoms with Gasteiger partial charge in [0.25, 0.3) is 0 Å². The Morgan fingerprint density at radius 1 is 0.950 bits per heavy atom. The maximum atomic E-state index is 6.02. The second-order valence-electron chi connectivity index (χ2n) is 7.49. The number of rotatable bonds is 4. The van der Waals surface area contributed by atoms with Crippen molar-refractivity contribution < 1.29 is 4.74 Å². The first-order valence-corrected chi connectivity index (χ1v) is 7.62. The van der Waals surface area contributed by atoms with Crippen molar-refractivity contribution in [1.82, 2.24) is 0 Å². The van der Waals surface area contributed by atoms with Crippen LogP contribution in [-0.2, 0) is 17.3 Å². The van der Waals surface area contributed by atoms with E-state index in [2.05, 4.69) is 53.7 Å². The van der Waals surface area contributed by atoms with Crippen molar-refractivity contribution in [2.45, 2.75) is 65.7 Å². The monoisotopic (exact) mass is 277 g/mol. The molecule has 0 fully saturated rings. The van der Waals surface area contributed by atoms with Crippen LogP contribution in [0.1, 0.15) is 65.2 Å². The lowest BCUT2D eigenvalue weighted by atomic mass is 9.78. The van der Waals surface area contributed by atoms with Crippen LogP contribution < -0.4 is 10.5 Å². The molecule has 1 aromatic carbocycles. The number of ether oxygens (including phenoxy) is 1. The molecule has 0 heterocycles. The third kappa shape index (κ3) is 3.99. The normalized spacial score (nSPS) is 12.6. The molecule has 0 aliphatic heterocycles. The molecule has 0 amide bonds. The highest BCUT2D eigenvalue weighted by atomic mass is 16.5. The predicted molar refractivity (Wildman–Crippen MR) is 87.8 cm³/mol. The summed E-state index contributed by atoms with van der Waals surface area (Å²) in [6, 6.07) is 4.54. The highest BCUT2D eigenvalue weighted by molar-refractivity contribution is 5.51. The molecule has 114 valence electrons. The number of hydrogen-bond acceptors (Lipinski definition) is 2. The summed E-state index contributed by atoms with van der Waals surface area (Å²) in [5, 5.41) is 0. The Morgan fingerprint density at radius 3 is 1.70 bits per heavy atom. The number of nitrogens with two attached hydrogens (primary N) is 1. The van der Waals surface area contributed by atoms with Gasteiger partial charge >= 0.3 is 0 Å². The summed E-state index contributed by atoms with van der Waals surface area (Å²) in [5.41, 5.74) is 9.76. The van der Waals surface area contributed by atoms with E-state index in [1.807, 2.05) is 6.92 Å². The van der Waals surface area contributed by atoms with Crippen LogP contribution in [0.4, 0.5) is 0 Å². The Hall–Kier alpha value is -1.02. The van der Waals surface area contributed by atoms with E-state index >= 15 is 0 Å². The van der Waals surface area contributed by atoms with Crippen LogP contribution >= 0.6 is 0 Å². The summed E-state index contributed by atoms with van der Waals surface area (Å²) in [6.07, 6.45) is 0.915. The summed E-state index contributed by atoms with van der Waals surface area (Å²) in [6.45, 7) is 16.9. The average molecular weight is 277 g/mol. The zero-order chi connectivity index (χ0) is 15.6. The Bertz CT molecular complexity index is 414. The van der Waals surface area contributed by atoms with E-state index in [1.165, 1.54) is 16.7 Å². The predicted octanol–water partition coefficient (Wildman–Crippen LogP) is 4.18. The van der Waals surface area contributed by atoms with Gasteiger partial charge < -0.3 is 10.5 Å². The molecule has 0 aliphatic carbocycles. The quantitative estimate of drug-likeness (QED) is 0.896. The molecule has 0 aromatic heterocycles. The van der Waals surface area contributed by atoms with Gasteiger partial charge in [0.1, 0.15) is 5.75 Å². The van der Waals surface area contributed by atoms with Gasteiger partial charge in [0, 0.05) is 11.1 Å². The van der Waals surface area contributed by atoms with Crippen LogP contribution in [0, 0.1) is 0 Å². The lowest BCUT2D eigenvalue weighted by Crippen LogP contribution is -2.21. The summed E-state index contributed by atoms with van der Waals surface area (Å²) in [5.74, 6) is 1.06. The highest BCUT2D eigenvalue weighted by Crippen LogP contribution is 2.40. The molecule has 0 atom stereocenters. The van der Waals surface area contributed by atoms with Crippen LogP contribution in [0.2, 0.25) is 0 Å². The van der Waals surface area contributed by atoms with E-state index in [-0.39, 0.29) is 10.8 Å². The fourth-order valence-corrected chi connectivity index (χ4v) is 2.41. The summed E-state index contributed by atoms with van der Waals surface area (Å²) >= 11 is 0. The first-order chi connectivity index (χ1) is 9.11.